The van der Waals surface area contributed by atoms with E-state index >= 15 is 0 Å². The molecule has 0 aliphatic rings. The first-order chi connectivity index (χ1) is 5.16. The summed E-state index contributed by atoms with van der Waals surface area (Å²) in [5.74, 6) is 0.464. The number of hydrogen-bond donors (Lipinski definition) is 0. The number of unbranched alkanes of at least 4 members (excludes halogenated alkanes) is 2. The molecule has 0 amide bonds. The summed E-state index contributed by atoms with van der Waals surface area (Å²) in [6.45, 7) is 4.26. The molecule has 2 heteroatoms. The first-order valence-corrected chi connectivity index (χ1v) is 4.73. The van der Waals surface area contributed by atoms with Gasteiger partial charge in [0.1, 0.15) is 0 Å². The van der Waals surface area contributed by atoms with E-state index in [-0.39, 0.29) is 5.24 Å². The summed E-state index contributed by atoms with van der Waals surface area (Å²) in [6.07, 6.45) is 5.39. The van der Waals surface area contributed by atoms with E-state index in [4.69, 9.17) is 11.6 Å². The highest BCUT2D eigenvalue weighted by molar-refractivity contribution is 6.63. The molecular formula is C9H17ClO. The Morgan fingerprint density at radius 3 is 2.55 bits per heavy atom. The Balaban J connectivity index is 3.22. The monoisotopic (exact) mass is 176 g/mol. The molecule has 66 valence electrons. The maximum absolute atomic E-state index is 10.5. The normalized spacial score (nSPS) is 13.0. The highest BCUT2D eigenvalue weighted by atomic mass is 35.5. The van der Waals surface area contributed by atoms with Crippen molar-refractivity contribution in [3.63, 3.8) is 0 Å². The first-order valence-electron chi connectivity index (χ1n) is 4.35. The Morgan fingerprint density at radius 2 is 2.09 bits per heavy atom. The van der Waals surface area contributed by atoms with Crippen molar-refractivity contribution < 1.29 is 4.79 Å². The fourth-order valence-corrected chi connectivity index (χ4v) is 1.38. The van der Waals surface area contributed by atoms with E-state index in [1.807, 2.05) is 0 Å². The second kappa shape index (κ2) is 6.66. The first kappa shape index (κ1) is 11.0. The molecule has 0 bridgehead atoms. The Bertz CT molecular complexity index is 112. The van der Waals surface area contributed by atoms with Gasteiger partial charge in [0, 0.05) is 6.42 Å². The average molecular weight is 177 g/mol. The Morgan fingerprint density at radius 1 is 1.45 bits per heavy atom. The fourth-order valence-electron chi connectivity index (χ4n) is 1.12. The molecule has 11 heavy (non-hydrogen) atoms. The van der Waals surface area contributed by atoms with Crippen LogP contribution in [0.15, 0.2) is 0 Å². The fraction of sp³-hybridized carbons (Fsp3) is 0.889. The third kappa shape index (κ3) is 7.86. The zero-order valence-electron chi connectivity index (χ0n) is 7.40. The quantitative estimate of drug-likeness (QED) is 0.448. The van der Waals surface area contributed by atoms with Crippen LogP contribution in [0.3, 0.4) is 0 Å². The molecule has 0 saturated heterocycles. The van der Waals surface area contributed by atoms with Crippen LogP contribution in [0, 0.1) is 5.92 Å². The van der Waals surface area contributed by atoms with E-state index in [0.29, 0.717) is 12.3 Å². The molecule has 0 heterocycles. The summed E-state index contributed by atoms with van der Waals surface area (Å²) in [7, 11) is 0. The number of halogens is 1. The molecular weight excluding hydrogens is 160 g/mol. The molecule has 0 aromatic rings. The van der Waals surface area contributed by atoms with Gasteiger partial charge in [-0.15, -0.1) is 0 Å². The zero-order valence-corrected chi connectivity index (χ0v) is 8.16. The predicted octanol–water partition coefficient (Wildman–Crippen LogP) is 3.36. The second-order valence-electron chi connectivity index (χ2n) is 3.16. The number of carbonyl (C=O) groups excluding carboxylic acids is 1. The van der Waals surface area contributed by atoms with Gasteiger partial charge in [-0.1, -0.05) is 39.5 Å². The molecule has 0 N–H and O–H groups in total. The maximum atomic E-state index is 10.5. The molecule has 0 spiro atoms. The van der Waals surface area contributed by atoms with Crippen molar-refractivity contribution in [2.24, 2.45) is 5.92 Å². The molecule has 0 aromatic carbocycles. The summed E-state index contributed by atoms with van der Waals surface area (Å²) < 4.78 is 0. The molecule has 0 aromatic heterocycles. The van der Waals surface area contributed by atoms with Crippen LogP contribution in [0.4, 0.5) is 0 Å². The lowest BCUT2D eigenvalue weighted by molar-refractivity contribution is -0.112. The summed E-state index contributed by atoms with van der Waals surface area (Å²) in [5, 5.41) is -0.200. The highest BCUT2D eigenvalue weighted by Gasteiger charge is 2.05. The van der Waals surface area contributed by atoms with Crippen molar-refractivity contribution in [1.29, 1.82) is 0 Å². The van der Waals surface area contributed by atoms with E-state index < -0.39 is 0 Å². The summed E-state index contributed by atoms with van der Waals surface area (Å²) >= 11 is 5.25. The standard InChI is InChI=1S/C9H17ClO/c1-3-4-5-6-8(2)7-9(10)11/h8H,3-7H2,1-2H3/t8-/m1/s1. The second-order valence-corrected chi connectivity index (χ2v) is 3.58. The summed E-state index contributed by atoms with van der Waals surface area (Å²) in [5.41, 5.74) is 0. The molecule has 0 radical (unpaired) electrons. The van der Waals surface area contributed by atoms with E-state index in [0.717, 1.165) is 6.42 Å². The van der Waals surface area contributed by atoms with Crippen LogP contribution in [-0.2, 0) is 4.79 Å². The van der Waals surface area contributed by atoms with Gasteiger partial charge in [-0.2, -0.15) is 0 Å². The third-order valence-electron chi connectivity index (χ3n) is 1.81. The largest absolute Gasteiger partial charge is 0.281 e. The number of rotatable bonds is 6. The van der Waals surface area contributed by atoms with Crippen LogP contribution in [0.1, 0.15) is 46.0 Å². The lowest BCUT2D eigenvalue weighted by atomic mass is 10.0. The number of hydrogen-bond acceptors (Lipinski definition) is 1. The molecule has 1 nitrogen and oxygen atoms in total. The minimum atomic E-state index is -0.200. The molecule has 0 fully saturated rings. The van der Waals surface area contributed by atoms with E-state index in [2.05, 4.69) is 13.8 Å². The van der Waals surface area contributed by atoms with Gasteiger partial charge in [0.05, 0.1) is 0 Å². The van der Waals surface area contributed by atoms with Gasteiger partial charge in [0.2, 0.25) is 5.24 Å². The van der Waals surface area contributed by atoms with Crippen molar-refractivity contribution in [3.05, 3.63) is 0 Å². The van der Waals surface area contributed by atoms with Crippen molar-refractivity contribution in [2.75, 3.05) is 0 Å². The van der Waals surface area contributed by atoms with Gasteiger partial charge in [-0.25, -0.2) is 0 Å². The highest BCUT2D eigenvalue weighted by Crippen LogP contribution is 2.13. The van der Waals surface area contributed by atoms with Gasteiger partial charge in [0.25, 0.3) is 0 Å². The van der Waals surface area contributed by atoms with Crippen LogP contribution in [-0.4, -0.2) is 5.24 Å². The van der Waals surface area contributed by atoms with Crippen LogP contribution in [0.2, 0.25) is 0 Å². The van der Waals surface area contributed by atoms with Gasteiger partial charge < -0.3 is 0 Å². The van der Waals surface area contributed by atoms with Gasteiger partial charge in [0.15, 0.2) is 0 Å². The van der Waals surface area contributed by atoms with E-state index in [1.165, 1.54) is 19.3 Å². The predicted molar refractivity (Wildman–Crippen MR) is 48.8 cm³/mol. The van der Waals surface area contributed by atoms with Crippen LogP contribution < -0.4 is 0 Å². The van der Waals surface area contributed by atoms with Gasteiger partial charge >= 0.3 is 0 Å². The van der Waals surface area contributed by atoms with Crippen LogP contribution >= 0.6 is 11.6 Å². The topological polar surface area (TPSA) is 17.1 Å². The Kier molecular flexibility index (Phi) is 6.63. The van der Waals surface area contributed by atoms with Crippen molar-refractivity contribution in [1.82, 2.24) is 0 Å². The zero-order chi connectivity index (χ0) is 8.69. The van der Waals surface area contributed by atoms with Crippen molar-refractivity contribution in [3.8, 4) is 0 Å². The van der Waals surface area contributed by atoms with E-state index in [1.54, 1.807) is 0 Å². The van der Waals surface area contributed by atoms with E-state index in [9.17, 15) is 4.79 Å². The molecule has 0 rings (SSSR count). The lowest BCUT2D eigenvalue weighted by Crippen LogP contribution is -1.99. The summed E-state index contributed by atoms with van der Waals surface area (Å²) in [4.78, 5) is 10.5. The van der Waals surface area contributed by atoms with Crippen molar-refractivity contribution in [2.45, 2.75) is 46.0 Å². The van der Waals surface area contributed by atoms with Gasteiger partial charge in [-0.05, 0) is 17.5 Å². The van der Waals surface area contributed by atoms with Crippen LogP contribution in [0.5, 0.6) is 0 Å². The lowest BCUT2D eigenvalue weighted by Gasteiger charge is -2.06. The molecule has 0 aliphatic heterocycles. The average Bonchev–Trinajstić information content (AvgIpc) is 1.86. The molecule has 0 saturated carbocycles. The SMILES string of the molecule is CCCCC[C@@H](C)CC(=O)Cl. The molecule has 0 unspecified atom stereocenters. The smallest absolute Gasteiger partial charge is 0.221 e. The van der Waals surface area contributed by atoms with Gasteiger partial charge in [-0.3, -0.25) is 4.79 Å². The van der Waals surface area contributed by atoms with Crippen molar-refractivity contribution >= 4 is 16.8 Å². The Labute approximate surface area is 74.1 Å². The summed E-state index contributed by atoms with van der Waals surface area (Å²) in [6, 6.07) is 0. The minimum absolute atomic E-state index is 0.200. The molecule has 0 aliphatic carbocycles. The number of carbonyl (C=O) groups is 1. The van der Waals surface area contributed by atoms with Crippen LogP contribution in [0.25, 0.3) is 0 Å². The third-order valence-corrected chi connectivity index (χ3v) is 1.96. The molecule has 1 atom stereocenters. The maximum Gasteiger partial charge on any atom is 0.221 e. The Hall–Kier alpha value is -0.0400. The minimum Gasteiger partial charge on any atom is -0.281 e.